The Labute approximate surface area is 104 Å². The highest BCUT2D eigenvalue weighted by molar-refractivity contribution is 5.81. The van der Waals surface area contributed by atoms with E-state index in [9.17, 15) is 0 Å². The van der Waals surface area contributed by atoms with Crippen molar-refractivity contribution >= 4 is 11.0 Å². The van der Waals surface area contributed by atoms with Gasteiger partial charge in [0.05, 0.1) is 0 Å². The molecule has 3 rings (SSSR count). The van der Waals surface area contributed by atoms with E-state index in [0.717, 1.165) is 17.4 Å². The number of nitrogens with zero attached hydrogens (tertiary/aromatic N) is 2. The first-order valence-corrected chi connectivity index (χ1v) is 5.88. The molecular formula is C13H13N3O2. The lowest BCUT2D eigenvalue weighted by atomic mass is 10.2. The molecule has 0 aliphatic heterocycles. The second kappa shape index (κ2) is 4.62. The van der Waals surface area contributed by atoms with Gasteiger partial charge in [-0.25, -0.2) is 0 Å². The molecule has 2 aromatic heterocycles. The van der Waals surface area contributed by atoms with Crippen molar-refractivity contribution in [1.82, 2.24) is 10.2 Å². The van der Waals surface area contributed by atoms with Crippen molar-refractivity contribution in [3.05, 3.63) is 36.2 Å². The molecule has 2 heterocycles. The van der Waals surface area contributed by atoms with Gasteiger partial charge in [-0.1, -0.05) is 18.2 Å². The van der Waals surface area contributed by atoms with E-state index in [-0.39, 0.29) is 0 Å². The number of fused-ring (bicyclic) bond motifs is 1. The quantitative estimate of drug-likeness (QED) is 0.761. The van der Waals surface area contributed by atoms with Crippen molar-refractivity contribution in [3.8, 4) is 11.7 Å². The van der Waals surface area contributed by atoms with E-state index < -0.39 is 0 Å². The maximum Gasteiger partial charge on any atom is 0.283 e. The number of furan rings is 1. The smallest absolute Gasteiger partial charge is 0.283 e. The lowest BCUT2D eigenvalue weighted by Gasteiger charge is -1.89. The molecule has 0 radical (unpaired) electrons. The third-order valence-corrected chi connectivity index (χ3v) is 2.70. The Morgan fingerprint density at radius 2 is 2.00 bits per heavy atom. The summed E-state index contributed by atoms with van der Waals surface area (Å²) >= 11 is 0. The summed E-state index contributed by atoms with van der Waals surface area (Å²) in [6.07, 6.45) is 1.53. The van der Waals surface area contributed by atoms with Crippen LogP contribution in [0.5, 0.6) is 0 Å². The Bertz CT molecular complexity index is 624. The van der Waals surface area contributed by atoms with Crippen LogP contribution in [-0.4, -0.2) is 16.7 Å². The van der Waals surface area contributed by atoms with E-state index in [1.54, 1.807) is 0 Å². The molecule has 0 saturated carbocycles. The summed E-state index contributed by atoms with van der Waals surface area (Å²) in [5, 5.41) is 8.97. The van der Waals surface area contributed by atoms with Gasteiger partial charge in [-0.3, -0.25) is 0 Å². The SMILES string of the molecule is NCCCc1nnc(-c2cc3ccccc3o2)o1. The van der Waals surface area contributed by atoms with E-state index in [4.69, 9.17) is 14.6 Å². The molecule has 1 aromatic carbocycles. The van der Waals surface area contributed by atoms with Crippen LogP contribution in [0.2, 0.25) is 0 Å². The average molecular weight is 243 g/mol. The minimum Gasteiger partial charge on any atom is -0.451 e. The number of nitrogens with two attached hydrogens (primary N) is 1. The number of benzene rings is 1. The van der Waals surface area contributed by atoms with Gasteiger partial charge in [0.1, 0.15) is 5.58 Å². The van der Waals surface area contributed by atoms with Crippen LogP contribution >= 0.6 is 0 Å². The third kappa shape index (κ3) is 2.00. The van der Waals surface area contributed by atoms with Gasteiger partial charge in [-0.2, -0.15) is 0 Å². The number of aryl methyl sites for hydroxylation is 1. The first kappa shape index (κ1) is 11.0. The largest absolute Gasteiger partial charge is 0.451 e. The van der Waals surface area contributed by atoms with Gasteiger partial charge in [0.15, 0.2) is 5.76 Å². The van der Waals surface area contributed by atoms with Gasteiger partial charge in [-0.15, -0.1) is 10.2 Å². The summed E-state index contributed by atoms with van der Waals surface area (Å²) in [5.41, 5.74) is 6.25. The zero-order valence-corrected chi connectivity index (χ0v) is 9.80. The normalized spacial score (nSPS) is 11.2. The Balaban J connectivity index is 1.91. The van der Waals surface area contributed by atoms with Crippen LogP contribution in [-0.2, 0) is 6.42 Å². The van der Waals surface area contributed by atoms with E-state index in [2.05, 4.69) is 10.2 Å². The standard InChI is InChI=1S/C13H13N3O2/c14-7-3-6-12-15-16-13(18-12)11-8-9-4-1-2-5-10(9)17-11/h1-2,4-5,8H,3,6-7,14H2. The highest BCUT2D eigenvalue weighted by Crippen LogP contribution is 2.26. The summed E-state index contributed by atoms with van der Waals surface area (Å²) in [7, 11) is 0. The summed E-state index contributed by atoms with van der Waals surface area (Å²) in [5.74, 6) is 1.61. The van der Waals surface area contributed by atoms with E-state index in [1.165, 1.54) is 0 Å². The molecular weight excluding hydrogens is 230 g/mol. The van der Waals surface area contributed by atoms with Gasteiger partial charge < -0.3 is 14.6 Å². The number of para-hydroxylation sites is 1. The molecule has 0 atom stereocenters. The molecule has 2 N–H and O–H groups in total. The van der Waals surface area contributed by atoms with Gasteiger partial charge in [0.25, 0.3) is 5.89 Å². The van der Waals surface area contributed by atoms with Gasteiger partial charge in [-0.05, 0) is 25.1 Å². The Morgan fingerprint density at radius 3 is 2.83 bits per heavy atom. The van der Waals surface area contributed by atoms with Crippen LogP contribution < -0.4 is 5.73 Å². The summed E-state index contributed by atoms with van der Waals surface area (Å²) in [4.78, 5) is 0. The number of rotatable bonds is 4. The van der Waals surface area contributed by atoms with Gasteiger partial charge in [0.2, 0.25) is 5.89 Å². The minimum absolute atomic E-state index is 0.415. The lowest BCUT2D eigenvalue weighted by Crippen LogP contribution is -2.00. The van der Waals surface area contributed by atoms with Crippen LogP contribution in [0, 0.1) is 0 Å². The van der Waals surface area contributed by atoms with E-state index >= 15 is 0 Å². The average Bonchev–Trinajstić information content (AvgIpc) is 3.02. The molecule has 5 heteroatoms. The van der Waals surface area contributed by atoms with Crippen molar-refractivity contribution in [2.45, 2.75) is 12.8 Å². The number of aromatic nitrogens is 2. The molecule has 0 fully saturated rings. The van der Waals surface area contributed by atoms with Gasteiger partial charge >= 0.3 is 0 Å². The fourth-order valence-electron chi connectivity index (χ4n) is 1.79. The fourth-order valence-corrected chi connectivity index (χ4v) is 1.79. The maximum absolute atomic E-state index is 5.65. The van der Waals surface area contributed by atoms with Crippen molar-refractivity contribution < 1.29 is 8.83 Å². The molecule has 0 spiro atoms. The highest BCUT2D eigenvalue weighted by atomic mass is 16.4. The molecule has 0 unspecified atom stereocenters. The summed E-state index contributed by atoms with van der Waals surface area (Å²) in [6, 6.07) is 9.67. The molecule has 5 nitrogen and oxygen atoms in total. The van der Waals surface area contributed by atoms with Gasteiger partial charge in [0, 0.05) is 11.8 Å². The molecule has 0 aliphatic carbocycles. The third-order valence-electron chi connectivity index (χ3n) is 2.70. The van der Waals surface area contributed by atoms with Crippen LogP contribution in [0.25, 0.3) is 22.6 Å². The Kier molecular flexibility index (Phi) is 2.82. The van der Waals surface area contributed by atoms with Crippen molar-refractivity contribution in [1.29, 1.82) is 0 Å². The molecule has 0 aliphatic rings. The van der Waals surface area contributed by atoms with E-state index in [1.807, 2.05) is 30.3 Å². The molecule has 92 valence electrons. The molecule has 0 saturated heterocycles. The topological polar surface area (TPSA) is 78.1 Å². The van der Waals surface area contributed by atoms with Crippen molar-refractivity contribution in [3.63, 3.8) is 0 Å². The maximum atomic E-state index is 5.65. The van der Waals surface area contributed by atoms with Crippen molar-refractivity contribution in [2.24, 2.45) is 5.73 Å². The zero-order valence-electron chi connectivity index (χ0n) is 9.80. The van der Waals surface area contributed by atoms with E-state index in [0.29, 0.717) is 30.5 Å². The molecule has 0 amide bonds. The molecule has 18 heavy (non-hydrogen) atoms. The van der Waals surface area contributed by atoms with Crippen LogP contribution in [0.3, 0.4) is 0 Å². The van der Waals surface area contributed by atoms with Crippen LogP contribution in [0.1, 0.15) is 12.3 Å². The van der Waals surface area contributed by atoms with Crippen LogP contribution in [0.4, 0.5) is 0 Å². The first-order chi connectivity index (χ1) is 8.86. The van der Waals surface area contributed by atoms with Crippen LogP contribution in [0.15, 0.2) is 39.2 Å². The van der Waals surface area contributed by atoms with Crippen molar-refractivity contribution in [2.75, 3.05) is 6.54 Å². The predicted octanol–water partition coefficient (Wildman–Crippen LogP) is 2.37. The molecule has 3 aromatic rings. The predicted molar refractivity (Wildman–Crippen MR) is 66.9 cm³/mol. The monoisotopic (exact) mass is 243 g/mol. The molecule has 0 bridgehead atoms. The Hall–Kier alpha value is -2.14. The highest BCUT2D eigenvalue weighted by Gasteiger charge is 2.12. The Morgan fingerprint density at radius 1 is 1.11 bits per heavy atom. The minimum atomic E-state index is 0.415. The second-order valence-corrected chi connectivity index (χ2v) is 4.04. The number of hydrogen-bond donors (Lipinski definition) is 1. The summed E-state index contributed by atoms with van der Waals surface area (Å²) < 4.78 is 11.2. The first-order valence-electron chi connectivity index (χ1n) is 5.88. The number of hydrogen-bond acceptors (Lipinski definition) is 5. The summed E-state index contributed by atoms with van der Waals surface area (Å²) in [6.45, 7) is 0.613. The fraction of sp³-hybridized carbons (Fsp3) is 0.231. The lowest BCUT2D eigenvalue weighted by molar-refractivity contribution is 0.482. The zero-order chi connectivity index (χ0) is 12.4. The second-order valence-electron chi connectivity index (χ2n) is 4.04.